The Kier molecular flexibility index (Phi) is 6.30. The van der Waals surface area contributed by atoms with Gasteiger partial charge in [-0.3, -0.25) is 9.59 Å². The lowest BCUT2D eigenvalue weighted by molar-refractivity contribution is -0.142. The minimum Gasteiger partial charge on any atom is -0.480 e. The van der Waals surface area contributed by atoms with Gasteiger partial charge in [-0.15, -0.1) is 0 Å². The number of aliphatic carboxylic acids is 1. The zero-order valence-corrected chi connectivity index (χ0v) is 7.73. The molecule has 6 heteroatoms. The summed E-state index contributed by atoms with van der Waals surface area (Å²) in [6.07, 6.45) is 1.64. The molecule has 0 aliphatic rings. The molecule has 0 unspecified atom stereocenters. The van der Waals surface area contributed by atoms with E-state index >= 15 is 0 Å². The summed E-state index contributed by atoms with van der Waals surface area (Å²) in [6, 6.07) is -1.00. The van der Waals surface area contributed by atoms with Crippen molar-refractivity contribution in [1.82, 2.24) is 5.32 Å². The van der Waals surface area contributed by atoms with Crippen LogP contribution in [0.25, 0.3) is 0 Å². The van der Waals surface area contributed by atoms with Gasteiger partial charge >= 0.3 is 5.97 Å². The van der Waals surface area contributed by atoms with E-state index in [0.717, 1.165) is 0 Å². The van der Waals surface area contributed by atoms with E-state index in [2.05, 4.69) is 5.32 Å². The van der Waals surface area contributed by atoms with Crippen LogP contribution in [0.1, 0.15) is 19.3 Å². The monoisotopic (exact) mass is 202 g/mol. The molecular weight excluding hydrogens is 188 g/mol. The molecular formula is C8H14N2O4. The molecule has 0 bridgehead atoms. The Morgan fingerprint density at radius 3 is 2.50 bits per heavy atom. The van der Waals surface area contributed by atoms with Crippen molar-refractivity contribution in [2.45, 2.75) is 25.3 Å². The minimum atomic E-state index is -1.14. The molecule has 1 atom stereocenters. The van der Waals surface area contributed by atoms with Crippen LogP contribution in [0.5, 0.6) is 0 Å². The van der Waals surface area contributed by atoms with Gasteiger partial charge in [0.25, 0.3) is 5.91 Å². The summed E-state index contributed by atoms with van der Waals surface area (Å²) in [5.74, 6) is -2.05. The van der Waals surface area contributed by atoms with E-state index in [1.54, 1.807) is 0 Å². The maximum atomic E-state index is 10.6. The summed E-state index contributed by atoms with van der Waals surface area (Å²) in [5.41, 5.74) is 5.23. The fraction of sp³-hybridized carbons (Fsp3) is 0.625. The fourth-order valence-corrected chi connectivity index (χ4v) is 0.956. The first-order chi connectivity index (χ1) is 6.61. The molecule has 80 valence electrons. The molecule has 1 amide bonds. The molecule has 0 aliphatic heterocycles. The number of carbonyl (C=O) groups excluding carboxylic acids is 2. The molecule has 14 heavy (non-hydrogen) atoms. The number of nitrogens with one attached hydrogen (secondary N) is 1. The van der Waals surface area contributed by atoms with Crippen LogP contribution in [-0.2, 0) is 14.4 Å². The van der Waals surface area contributed by atoms with Gasteiger partial charge in [-0.2, -0.15) is 0 Å². The third-order valence-electron chi connectivity index (χ3n) is 1.67. The summed E-state index contributed by atoms with van der Waals surface area (Å²) in [6.45, 7) is 0.480. The van der Waals surface area contributed by atoms with Crippen LogP contribution in [0.3, 0.4) is 0 Å². The molecule has 0 radical (unpaired) electrons. The third-order valence-corrected chi connectivity index (χ3v) is 1.67. The number of aldehydes is 1. The predicted molar refractivity (Wildman–Crippen MR) is 48.5 cm³/mol. The van der Waals surface area contributed by atoms with Crippen LogP contribution in [0, 0.1) is 0 Å². The number of amides is 1. The molecule has 0 fully saturated rings. The zero-order valence-electron chi connectivity index (χ0n) is 7.73. The molecule has 4 N–H and O–H groups in total. The van der Waals surface area contributed by atoms with Crippen molar-refractivity contribution < 1.29 is 19.5 Å². The third kappa shape index (κ3) is 5.26. The van der Waals surface area contributed by atoms with Gasteiger partial charge < -0.3 is 16.2 Å². The van der Waals surface area contributed by atoms with Gasteiger partial charge in [0.1, 0.15) is 6.04 Å². The highest BCUT2D eigenvalue weighted by atomic mass is 16.4. The highest BCUT2D eigenvalue weighted by Crippen LogP contribution is 2.00. The summed E-state index contributed by atoms with van der Waals surface area (Å²) in [4.78, 5) is 31.1. The normalized spacial score (nSPS) is 11.8. The Morgan fingerprint density at radius 2 is 2.07 bits per heavy atom. The molecule has 0 aromatic heterocycles. The van der Waals surface area contributed by atoms with Gasteiger partial charge in [0, 0.05) is 0 Å². The Bertz CT molecular complexity index is 217. The average Bonchev–Trinajstić information content (AvgIpc) is 2.16. The van der Waals surface area contributed by atoms with Gasteiger partial charge in [-0.1, -0.05) is 0 Å². The zero-order chi connectivity index (χ0) is 11.0. The van der Waals surface area contributed by atoms with Gasteiger partial charge in [0.05, 0.1) is 0 Å². The predicted octanol–water partition coefficient (Wildman–Crippen LogP) is -1.12. The maximum absolute atomic E-state index is 10.6. The van der Waals surface area contributed by atoms with Crippen LogP contribution >= 0.6 is 0 Å². The summed E-state index contributed by atoms with van der Waals surface area (Å²) in [5, 5.41) is 10.7. The van der Waals surface area contributed by atoms with Crippen molar-refractivity contribution >= 4 is 18.2 Å². The lowest BCUT2D eigenvalue weighted by Crippen LogP contribution is -2.41. The maximum Gasteiger partial charge on any atom is 0.326 e. The number of hydrogen-bond acceptors (Lipinski definition) is 4. The molecule has 0 saturated heterocycles. The van der Waals surface area contributed by atoms with Crippen LogP contribution in [0.2, 0.25) is 0 Å². The first-order valence-electron chi connectivity index (χ1n) is 4.30. The first kappa shape index (κ1) is 12.6. The van der Waals surface area contributed by atoms with Gasteiger partial charge in [0.15, 0.2) is 0 Å². The standard InChI is InChI=1S/C8H14N2O4/c9-4-2-1-3-6(8(13)14)10-7(12)5-11/h5-6H,1-4,9H2,(H,10,12)(H,13,14)/t6-/m0/s1. The highest BCUT2D eigenvalue weighted by Gasteiger charge is 2.18. The smallest absolute Gasteiger partial charge is 0.326 e. The Labute approximate surface area is 81.5 Å². The molecule has 0 rings (SSSR count). The van der Waals surface area contributed by atoms with E-state index in [4.69, 9.17) is 10.8 Å². The second kappa shape index (κ2) is 7.02. The summed E-state index contributed by atoms with van der Waals surface area (Å²) in [7, 11) is 0. The van der Waals surface area contributed by atoms with E-state index in [9.17, 15) is 14.4 Å². The van der Waals surface area contributed by atoms with Crippen molar-refractivity contribution in [3.63, 3.8) is 0 Å². The van der Waals surface area contributed by atoms with Crippen LogP contribution in [0.15, 0.2) is 0 Å². The summed E-state index contributed by atoms with van der Waals surface area (Å²) < 4.78 is 0. The number of nitrogens with two attached hydrogens (primary N) is 1. The van der Waals surface area contributed by atoms with Crippen LogP contribution < -0.4 is 11.1 Å². The SMILES string of the molecule is NCCCC[C@H](NC(=O)C=O)C(=O)O. The number of hydrogen-bond donors (Lipinski definition) is 3. The lowest BCUT2D eigenvalue weighted by Gasteiger charge is -2.11. The highest BCUT2D eigenvalue weighted by molar-refractivity contribution is 6.24. The van der Waals surface area contributed by atoms with Crippen molar-refractivity contribution in [2.24, 2.45) is 5.73 Å². The molecule has 0 aromatic rings. The van der Waals surface area contributed by atoms with Crippen molar-refractivity contribution in [3.05, 3.63) is 0 Å². The van der Waals surface area contributed by atoms with Crippen molar-refractivity contribution in [3.8, 4) is 0 Å². The Balaban J connectivity index is 3.96. The number of carbonyl (C=O) groups is 3. The quantitative estimate of drug-likeness (QED) is 0.275. The topological polar surface area (TPSA) is 109 Å². The van der Waals surface area contributed by atoms with Crippen molar-refractivity contribution in [2.75, 3.05) is 6.54 Å². The molecule has 0 saturated carbocycles. The molecule has 0 spiro atoms. The lowest BCUT2D eigenvalue weighted by atomic mass is 10.1. The average molecular weight is 202 g/mol. The number of carboxylic acids is 1. The first-order valence-corrected chi connectivity index (χ1v) is 4.30. The van der Waals surface area contributed by atoms with E-state index in [0.29, 0.717) is 19.4 Å². The molecule has 0 heterocycles. The molecule has 0 aromatic carbocycles. The number of unbranched alkanes of at least 4 members (excludes halogenated alkanes) is 1. The largest absolute Gasteiger partial charge is 0.480 e. The summed E-state index contributed by atoms with van der Waals surface area (Å²) >= 11 is 0. The van der Waals surface area contributed by atoms with E-state index in [1.807, 2.05) is 0 Å². The van der Waals surface area contributed by atoms with Gasteiger partial charge in [-0.05, 0) is 25.8 Å². The van der Waals surface area contributed by atoms with E-state index in [1.165, 1.54) is 0 Å². The Morgan fingerprint density at radius 1 is 1.43 bits per heavy atom. The van der Waals surface area contributed by atoms with Crippen molar-refractivity contribution in [1.29, 1.82) is 0 Å². The minimum absolute atomic E-state index is 0.0544. The molecule has 0 aliphatic carbocycles. The van der Waals surface area contributed by atoms with Crippen LogP contribution in [-0.4, -0.2) is 35.9 Å². The molecule has 6 nitrogen and oxygen atoms in total. The number of rotatable bonds is 7. The second-order valence-electron chi connectivity index (χ2n) is 2.80. The number of carboxylic acid groups (broad SMARTS) is 1. The second-order valence-corrected chi connectivity index (χ2v) is 2.80. The van der Waals surface area contributed by atoms with Gasteiger partial charge in [0.2, 0.25) is 6.29 Å². The van der Waals surface area contributed by atoms with E-state index in [-0.39, 0.29) is 12.7 Å². The van der Waals surface area contributed by atoms with Gasteiger partial charge in [-0.25, -0.2) is 4.79 Å². The Hall–Kier alpha value is -1.43. The van der Waals surface area contributed by atoms with E-state index < -0.39 is 17.9 Å². The van der Waals surface area contributed by atoms with Crippen LogP contribution in [0.4, 0.5) is 0 Å². The fourth-order valence-electron chi connectivity index (χ4n) is 0.956.